The fraction of sp³-hybridized carbons (Fsp3) is 0.647. The monoisotopic (exact) mass is 294 g/mol. The van der Waals surface area contributed by atoms with Gasteiger partial charge in [0.2, 0.25) is 0 Å². The highest BCUT2D eigenvalue weighted by Crippen LogP contribution is 2.39. The fourth-order valence-electron chi connectivity index (χ4n) is 3.82. The molecule has 0 aromatic heterocycles. The number of rotatable bonds is 2. The number of halogens is 2. The number of hydrogen-bond acceptors (Lipinski definition) is 2. The average Bonchev–Trinajstić information content (AvgIpc) is 2.87. The van der Waals surface area contributed by atoms with Crippen molar-refractivity contribution in [3.63, 3.8) is 0 Å². The van der Waals surface area contributed by atoms with Gasteiger partial charge in [0.05, 0.1) is 0 Å². The number of nitrogens with zero attached hydrogens (tertiary/aromatic N) is 1. The second-order valence-corrected chi connectivity index (χ2v) is 7.26. The summed E-state index contributed by atoms with van der Waals surface area (Å²) in [6, 6.07) is 3.93. The van der Waals surface area contributed by atoms with Gasteiger partial charge >= 0.3 is 0 Å². The Morgan fingerprint density at radius 1 is 1.19 bits per heavy atom. The highest BCUT2D eigenvalue weighted by Gasteiger charge is 2.45. The highest BCUT2D eigenvalue weighted by atomic mass is 19.1. The van der Waals surface area contributed by atoms with E-state index in [9.17, 15) is 8.78 Å². The van der Waals surface area contributed by atoms with Gasteiger partial charge in [-0.05, 0) is 32.8 Å². The predicted molar refractivity (Wildman–Crippen MR) is 80.0 cm³/mol. The first-order valence-electron chi connectivity index (χ1n) is 7.84. The van der Waals surface area contributed by atoms with Crippen LogP contribution >= 0.6 is 0 Å². The highest BCUT2D eigenvalue weighted by molar-refractivity contribution is 5.20. The summed E-state index contributed by atoms with van der Waals surface area (Å²) in [6.45, 7) is 6.79. The molecule has 1 N–H and O–H groups in total. The molecule has 2 fully saturated rings. The number of nitrogens with one attached hydrogen (secondary N) is 1. The van der Waals surface area contributed by atoms with Crippen LogP contribution in [0.25, 0.3) is 0 Å². The molecule has 2 aliphatic rings. The molecule has 2 nitrogen and oxygen atoms in total. The van der Waals surface area contributed by atoms with Crippen LogP contribution in [0.15, 0.2) is 18.2 Å². The van der Waals surface area contributed by atoms with Crippen LogP contribution in [0, 0.1) is 11.6 Å². The van der Waals surface area contributed by atoms with Gasteiger partial charge in [0.25, 0.3) is 0 Å². The van der Waals surface area contributed by atoms with Crippen LogP contribution in [0.3, 0.4) is 0 Å². The number of piperazine rings is 1. The second kappa shape index (κ2) is 5.33. The minimum atomic E-state index is -0.507. The summed E-state index contributed by atoms with van der Waals surface area (Å²) in [7, 11) is 0. The Morgan fingerprint density at radius 3 is 2.57 bits per heavy atom. The minimum absolute atomic E-state index is 0.0321. The lowest BCUT2D eigenvalue weighted by molar-refractivity contribution is 0.0114. The van der Waals surface area contributed by atoms with Crippen molar-refractivity contribution < 1.29 is 8.78 Å². The maximum Gasteiger partial charge on any atom is 0.130 e. The van der Waals surface area contributed by atoms with Crippen LogP contribution in [-0.4, -0.2) is 29.1 Å². The van der Waals surface area contributed by atoms with Gasteiger partial charge in [-0.3, -0.25) is 4.90 Å². The van der Waals surface area contributed by atoms with Crippen LogP contribution < -0.4 is 5.32 Å². The summed E-state index contributed by atoms with van der Waals surface area (Å²) < 4.78 is 27.1. The molecule has 0 unspecified atom stereocenters. The fourth-order valence-corrected chi connectivity index (χ4v) is 3.82. The van der Waals surface area contributed by atoms with E-state index in [0.717, 1.165) is 19.2 Å². The molecule has 116 valence electrons. The lowest BCUT2D eigenvalue weighted by atomic mass is 9.86. The van der Waals surface area contributed by atoms with E-state index in [4.69, 9.17) is 0 Å². The molecule has 1 aliphatic carbocycles. The lowest BCUT2D eigenvalue weighted by Crippen LogP contribution is -2.67. The molecule has 0 atom stereocenters. The third-order valence-electron chi connectivity index (χ3n) is 5.06. The van der Waals surface area contributed by atoms with Crippen molar-refractivity contribution in [3.05, 3.63) is 35.4 Å². The van der Waals surface area contributed by atoms with Crippen molar-refractivity contribution >= 4 is 0 Å². The maximum atomic E-state index is 14.0. The molecule has 4 heteroatoms. The first kappa shape index (κ1) is 14.9. The van der Waals surface area contributed by atoms with Gasteiger partial charge in [0, 0.05) is 42.3 Å². The van der Waals surface area contributed by atoms with Crippen LogP contribution in [-0.2, 0) is 6.54 Å². The third-order valence-corrected chi connectivity index (χ3v) is 5.06. The van der Waals surface area contributed by atoms with E-state index in [1.54, 1.807) is 6.07 Å². The van der Waals surface area contributed by atoms with E-state index in [-0.39, 0.29) is 11.1 Å². The van der Waals surface area contributed by atoms with Crippen molar-refractivity contribution in [2.45, 2.75) is 57.2 Å². The molecule has 1 aliphatic heterocycles. The largest absolute Gasteiger partial charge is 0.309 e. The van der Waals surface area contributed by atoms with Crippen LogP contribution in [0.5, 0.6) is 0 Å². The summed E-state index contributed by atoms with van der Waals surface area (Å²) >= 11 is 0. The van der Waals surface area contributed by atoms with E-state index < -0.39 is 11.6 Å². The zero-order valence-corrected chi connectivity index (χ0v) is 12.9. The molecule has 0 bridgehead atoms. The molecule has 3 rings (SSSR count). The quantitative estimate of drug-likeness (QED) is 0.898. The van der Waals surface area contributed by atoms with E-state index in [1.807, 2.05) is 0 Å². The van der Waals surface area contributed by atoms with E-state index in [1.165, 1.54) is 31.7 Å². The molecule has 0 amide bonds. The molecule has 1 saturated heterocycles. The van der Waals surface area contributed by atoms with Crippen LogP contribution in [0.2, 0.25) is 0 Å². The molecule has 21 heavy (non-hydrogen) atoms. The molecule has 1 saturated carbocycles. The average molecular weight is 294 g/mol. The van der Waals surface area contributed by atoms with Gasteiger partial charge in [-0.2, -0.15) is 0 Å². The SMILES string of the molecule is CC1(C)CN(Cc2ccc(F)cc2F)C2(CCCC2)CN1. The standard InChI is InChI=1S/C17H24F2N2/c1-16(2)12-21(17(11-20-16)7-3-4-8-17)10-13-5-6-14(18)9-15(13)19/h5-6,9,20H,3-4,7-8,10-12H2,1-2H3. The summed E-state index contributed by atoms with van der Waals surface area (Å²) in [4.78, 5) is 2.42. The summed E-state index contributed by atoms with van der Waals surface area (Å²) in [6.07, 6.45) is 4.81. The maximum absolute atomic E-state index is 14.0. The predicted octanol–water partition coefficient (Wildman–Crippen LogP) is 3.46. The molecular weight excluding hydrogens is 270 g/mol. The van der Waals surface area contributed by atoms with E-state index in [0.29, 0.717) is 12.1 Å². The van der Waals surface area contributed by atoms with Crippen molar-refractivity contribution in [1.82, 2.24) is 10.2 Å². The van der Waals surface area contributed by atoms with Crippen molar-refractivity contribution in [2.24, 2.45) is 0 Å². The Kier molecular flexibility index (Phi) is 3.78. The second-order valence-electron chi connectivity index (χ2n) is 7.26. The Hall–Kier alpha value is -1.00. The molecule has 0 radical (unpaired) electrons. The topological polar surface area (TPSA) is 15.3 Å². The normalized spacial score (nSPS) is 24.6. The first-order chi connectivity index (χ1) is 9.90. The summed E-state index contributed by atoms with van der Waals surface area (Å²) in [5.41, 5.74) is 0.779. The summed E-state index contributed by atoms with van der Waals surface area (Å²) in [5.74, 6) is -0.938. The zero-order chi connectivity index (χ0) is 15.1. The summed E-state index contributed by atoms with van der Waals surface area (Å²) in [5, 5.41) is 3.64. The molecular formula is C17H24F2N2. The molecule has 1 aromatic rings. The smallest absolute Gasteiger partial charge is 0.130 e. The van der Waals surface area contributed by atoms with E-state index in [2.05, 4.69) is 24.1 Å². The Balaban J connectivity index is 1.85. The first-order valence-corrected chi connectivity index (χ1v) is 7.84. The van der Waals surface area contributed by atoms with Gasteiger partial charge in [-0.25, -0.2) is 8.78 Å². The lowest BCUT2D eigenvalue weighted by Gasteiger charge is -2.51. The van der Waals surface area contributed by atoms with Crippen LogP contribution in [0.4, 0.5) is 8.78 Å². The van der Waals surface area contributed by atoms with Crippen molar-refractivity contribution in [3.8, 4) is 0 Å². The number of hydrogen-bond donors (Lipinski definition) is 1. The zero-order valence-electron chi connectivity index (χ0n) is 12.9. The van der Waals surface area contributed by atoms with Gasteiger partial charge in [0.15, 0.2) is 0 Å². The molecule has 1 heterocycles. The minimum Gasteiger partial charge on any atom is -0.309 e. The number of benzene rings is 1. The van der Waals surface area contributed by atoms with Crippen LogP contribution in [0.1, 0.15) is 45.1 Å². The van der Waals surface area contributed by atoms with Crippen molar-refractivity contribution in [2.75, 3.05) is 13.1 Å². The van der Waals surface area contributed by atoms with Gasteiger partial charge in [0.1, 0.15) is 11.6 Å². The molecule has 1 spiro atoms. The molecule has 1 aromatic carbocycles. The Bertz CT molecular complexity index is 522. The Labute approximate surface area is 125 Å². The third kappa shape index (κ3) is 2.97. The van der Waals surface area contributed by atoms with E-state index >= 15 is 0 Å². The van der Waals surface area contributed by atoms with Gasteiger partial charge < -0.3 is 5.32 Å². The van der Waals surface area contributed by atoms with Crippen molar-refractivity contribution in [1.29, 1.82) is 0 Å². The van der Waals surface area contributed by atoms with Gasteiger partial charge in [-0.1, -0.05) is 18.9 Å². The Morgan fingerprint density at radius 2 is 1.90 bits per heavy atom. The van der Waals surface area contributed by atoms with Gasteiger partial charge in [-0.15, -0.1) is 0 Å².